The van der Waals surface area contributed by atoms with Crippen LogP contribution in [0.4, 0.5) is 0 Å². The number of rotatable bonds is 9. The van der Waals surface area contributed by atoms with Gasteiger partial charge >= 0.3 is 0 Å². The quantitative estimate of drug-likeness (QED) is 0.220. The van der Waals surface area contributed by atoms with Gasteiger partial charge in [0.1, 0.15) is 21.7 Å². The molecule has 0 radical (unpaired) electrons. The summed E-state index contributed by atoms with van der Waals surface area (Å²) in [6.07, 6.45) is 7.93. The molecule has 7 nitrogen and oxygen atoms in total. The highest BCUT2D eigenvalue weighted by molar-refractivity contribution is 9.10. The predicted molar refractivity (Wildman–Crippen MR) is 141 cm³/mol. The van der Waals surface area contributed by atoms with Crippen molar-refractivity contribution in [3.63, 3.8) is 0 Å². The van der Waals surface area contributed by atoms with Crippen LogP contribution in [0.3, 0.4) is 0 Å². The minimum absolute atomic E-state index is 0.0735. The number of nitrogens with zero attached hydrogens (tertiary/aromatic N) is 3. The van der Waals surface area contributed by atoms with Gasteiger partial charge in [0, 0.05) is 17.2 Å². The molecule has 1 N–H and O–H groups in total. The molecule has 0 aliphatic rings. The Bertz CT molecular complexity index is 1610. The van der Waals surface area contributed by atoms with Gasteiger partial charge in [-0.25, -0.2) is 13.4 Å². The largest absolute Gasteiger partial charge is 0.310 e. The maximum atomic E-state index is 13.6. The number of aromatic nitrogens is 3. The highest BCUT2D eigenvalue weighted by atomic mass is 79.9. The molecule has 0 atom stereocenters. The summed E-state index contributed by atoms with van der Waals surface area (Å²) in [5.74, 6) is 0. The SMILES string of the molecule is CCCCCCCCn1c(=N)c(S(=O)(=O)c2ccc(Br)cc2)cc2c(=O)n3cccc(C)c3nc21. The van der Waals surface area contributed by atoms with Crippen molar-refractivity contribution in [2.24, 2.45) is 0 Å². The van der Waals surface area contributed by atoms with E-state index in [2.05, 4.69) is 22.9 Å². The van der Waals surface area contributed by atoms with Crippen LogP contribution < -0.4 is 11.0 Å². The topological polar surface area (TPSA) is 97.3 Å². The van der Waals surface area contributed by atoms with Crippen molar-refractivity contribution in [1.82, 2.24) is 14.0 Å². The van der Waals surface area contributed by atoms with Crippen molar-refractivity contribution in [2.75, 3.05) is 0 Å². The molecule has 3 aromatic heterocycles. The number of aryl methyl sites for hydroxylation is 2. The van der Waals surface area contributed by atoms with Crippen LogP contribution >= 0.6 is 15.9 Å². The van der Waals surface area contributed by atoms with Crippen molar-refractivity contribution in [1.29, 1.82) is 5.41 Å². The molecule has 3 heterocycles. The minimum atomic E-state index is -4.03. The Hall–Kier alpha value is -2.78. The number of pyridine rings is 2. The maximum Gasteiger partial charge on any atom is 0.267 e. The summed E-state index contributed by atoms with van der Waals surface area (Å²) < 4.78 is 30.9. The van der Waals surface area contributed by atoms with Gasteiger partial charge in [0.05, 0.1) is 10.3 Å². The zero-order valence-corrected chi connectivity index (χ0v) is 22.3. The Kier molecular flexibility index (Phi) is 7.56. The lowest BCUT2D eigenvalue weighted by Gasteiger charge is -2.15. The summed E-state index contributed by atoms with van der Waals surface area (Å²) in [6, 6.07) is 11.2. The van der Waals surface area contributed by atoms with E-state index in [4.69, 9.17) is 10.4 Å². The number of hydrogen-bond donors (Lipinski definition) is 1. The fourth-order valence-corrected chi connectivity index (χ4v) is 5.93. The number of sulfone groups is 1. The zero-order valence-electron chi connectivity index (χ0n) is 19.9. The number of benzene rings is 1. The fourth-order valence-electron chi connectivity index (χ4n) is 4.28. The number of nitrogens with one attached hydrogen (secondary N) is 1. The van der Waals surface area contributed by atoms with Crippen LogP contribution in [0, 0.1) is 12.3 Å². The second-order valence-electron chi connectivity index (χ2n) is 8.77. The van der Waals surface area contributed by atoms with Crippen LogP contribution in [-0.4, -0.2) is 22.4 Å². The van der Waals surface area contributed by atoms with E-state index in [1.54, 1.807) is 29.0 Å². The maximum absolute atomic E-state index is 13.6. The molecule has 4 rings (SSSR count). The summed E-state index contributed by atoms with van der Waals surface area (Å²) in [6.45, 7) is 4.46. The number of fused-ring (bicyclic) bond motifs is 2. The van der Waals surface area contributed by atoms with Crippen molar-refractivity contribution in [2.45, 2.75) is 68.7 Å². The molecule has 0 spiro atoms. The van der Waals surface area contributed by atoms with Gasteiger partial charge in [0.25, 0.3) is 5.56 Å². The Morgan fingerprint density at radius 3 is 2.40 bits per heavy atom. The minimum Gasteiger partial charge on any atom is -0.310 e. The van der Waals surface area contributed by atoms with E-state index in [9.17, 15) is 13.2 Å². The van der Waals surface area contributed by atoms with Crippen LogP contribution in [-0.2, 0) is 16.4 Å². The van der Waals surface area contributed by atoms with E-state index in [0.29, 0.717) is 17.8 Å². The third-order valence-electron chi connectivity index (χ3n) is 6.25. The molecule has 0 aliphatic heterocycles. The number of unbranched alkanes of at least 4 members (excludes halogenated alkanes) is 5. The molecule has 0 saturated carbocycles. The summed E-state index contributed by atoms with van der Waals surface area (Å²) in [5, 5.41) is 9.07. The van der Waals surface area contributed by atoms with Gasteiger partial charge in [-0.2, -0.15) is 0 Å². The smallest absolute Gasteiger partial charge is 0.267 e. The van der Waals surface area contributed by atoms with Crippen molar-refractivity contribution in [3.05, 3.63) is 74.5 Å². The first-order valence-electron chi connectivity index (χ1n) is 11.9. The van der Waals surface area contributed by atoms with Crippen molar-refractivity contribution < 1.29 is 8.42 Å². The first-order chi connectivity index (χ1) is 16.8. The predicted octanol–water partition coefficient (Wildman–Crippen LogP) is 5.39. The van der Waals surface area contributed by atoms with Gasteiger partial charge in [-0.3, -0.25) is 14.6 Å². The zero-order chi connectivity index (χ0) is 25.2. The standard InChI is InChI=1S/C26H29BrN4O3S/c1-3-4-5-6-7-8-15-30-23(28)22(35(33,34)20-13-11-19(27)12-14-20)17-21-25(30)29-24-18(2)10-9-16-31(24)26(21)32/h9-14,16-17,28H,3-8,15H2,1-2H3. The average molecular weight is 558 g/mol. The van der Waals surface area contributed by atoms with Gasteiger partial charge < -0.3 is 4.57 Å². The second-order valence-corrected chi connectivity index (χ2v) is 11.6. The van der Waals surface area contributed by atoms with Gasteiger partial charge in [-0.1, -0.05) is 61.0 Å². The van der Waals surface area contributed by atoms with Crippen molar-refractivity contribution in [3.8, 4) is 0 Å². The monoisotopic (exact) mass is 556 g/mol. The fraction of sp³-hybridized carbons (Fsp3) is 0.346. The lowest BCUT2D eigenvalue weighted by atomic mass is 10.1. The van der Waals surface area contributed by atoms with E-state index in [0.717, 1.165) is 42.1 Å². The van der Waals surface area contributed by atoms with Crippen molar-refractivity contribution >= 4 is 42.4 Å². The van der Waals surface area contributed by atoms with Gasteiger partial charge in [-0.05, 0) is 55.3 Å². The molecule has 0 fully saturated rings. The molecule has 1 aromatic carbocycles. The van der Waals surface area contributed by atoms with E-state index in [-0.39, 0.29) is 26.2 Å². The lowest BCUT2D eigenvalue weighted by molar-refractivity contribution is 0.544. The Morgan fingerprint density at radius 1 is 1.00 bits per heavy atom. The second kappa shape index (κ2) is 10.5. The summed E-state index contributed by atoms with van der Waals surface area (Å²) in [5.41, 5.74) is 1.18. The molecular weight excluding hydrogens is 528 g/mol. The van der Waals surface area contributed by atoms with Gasteiger partial charge in [-0.15, -0.1) is 0 Å². The van der Waals surface area contributed by atoms with Crippen LogP contribution in [0.15, 0.2) is 67.7 Å². The first kappa shape index (κ1) is 25.3. The molecule has 184 valence electrons. The lowest BCUT2D eigenvalue weighted by Crippen LogP contribution is -2.30. The number of halogens is 1. The highest BCUT2D eigenvalue weighted by Crippen LogP contribution is 2.23. The third-order valence-corrected chi connectivity index (χ3v) is 8.56. The Balaban J connectivity index is 1.93. The number of hydrogen-bond acceptors (Lipinski definition) is 5. The van der Waals surface area contributed by atoms with Gasteiger partial charge in [0.2, 0.25) is 9.84 Å². The van der Waals surface area contributed by atoms with E-state index in [1.165, 1.54) is 29.0 Å². The van der Waals surface area contributed by atoms with Crippen LogP contribution in [0.25, 0.3) is 16.7 Å². The molecule has 4 aromatic rings. The van der Waals surface area contributed by atoms with Crippen LogP contribution in [0.5, 0.6) is 0 Å². The molecule has 0 unspecified atom stereocenters. The molecule has 0 saturated heterocycles. The van der Waals surface area contributed by atoms with E-state index < -0.39 is 9.84 Å². The average Bonchev–Trinajstić information content (AvgIpc) is 2.83. The Labute approximate surface area is 213 Å². The summed E-state index contributed by atoms with van der Waals surface area (Å²) >= 11 is 3.33. The molecule has 0 aliphatic carbocycles. The van der Waals surface area contributed by atoms with E-state index >= 15 is 0 Å². The Morgan fingerprint density at radius 2 is 1.69 bits per heavy atom. The third kappa shape index (κ3) is 4.97. The molecule has 35 heavy (non-hydrogen) atoms. The molecule has 0 amide bonds. The summed E-state index contributed by atoms with van der Waals surface area (Å²) in [7, 11) is -4.03. The molecular formula is C26H29BrN4O3S. The summed E-state index contributed by atoms with van der Waals surface area (Å²) in [4.78, 5) is 18.1. The first-order valence-corrected chi connectivity index (χ1v) is 14.1. The normalized spacial score (nSPS) is 12.0. The van der Waals surface area contributed by atoms with Crippen LogP contribution in [0.2, 0.25) is 0 Å². The van der Waals surface area contributed by atoms with Crippen LogP contribution in [0.1, 0.15) is 51.0 Å². The molecule has 9 heteroatoms. The highest BCUT2D eigenvalue weighted by Gasteiger charge is 2.24. The van der Waals surface area contributed by atoms with Gasteiger partial charge in [0.15, 0.2) is 0 Å². The van der Waals surface area contributed by atoms with E-state index in [1.807, 2.05) is 13.0 Å². The molecule has 0 bridgehead atoms.